The lowest BCUT2D eigenvalue weighted by atomic mass is 10.2. The van der Waals surface area contributed by atoms with Crippen LogP contribution in [0.15, 0.2) is 30.3 Å². The van der Waals surface area contributed by atoms with E-state index in [1.807, 2.05) is 30.3 Å². The molecule has 15 nitrogen and oxygen atoms in total. The van der Waals surface area contributed by atoms with Gasteiger partial charge in [-0.15, -0.1) is 0 Å². The van der Waals surface area contributed by atoms with Crippen molar-refractivity contribution in [2.45, 2.75) is 12.7 Å². The van der Waals surface area contributed by atoms with Crippen molar-refractivity contribution in [3.05, 3.63) is 35.9 Å². The summed E-state index contributed by atoms with van der Waals surface area (Å²) < 4.78 is 71.7. The molecule has 0 saturated heterocycles. The van der Waals surface area contributed by atoms with Crippen molar-refractivity contribution in [1.29, 1.82) is 0 Å². The minimum absolute atomic E-state index is 0.0158. The maximum atomic E-state index is 8.62. The predicted octanol–water partition coefficient (Wildman–Crippen LogP) is 0.756. The molecule has 0 heterocycles. The Kier molecular flexibility index (Phi) is 36.7. The number of rotatable bonds is 41. The van der Waals surface area contributed by atoms with E-state index in [2.05, 4.69) is 0 Å². The number of benzene rings is 1. The first-order chi connectivity index (χ1) is 24.4. The van der Waals surface area contributed by atoms with Gasteiger partial charge in [-0.1, -0.05) is 30.3 Å². The average Bonchev–Trinajstić information content (AvgIpc) is 3.12. The Morgan fingerprint density at radius 2 is 0.653 bits per heavy atom. The lowest BCUT2D eigenvalue weighted by Crippen LogP contribution is -2.28. The topological polar surface area (TPSA) is 160 Å². The fraction of sp³-hybridized carbons (Fsp3) is 0.824. The second kappa shape index (κ2) is 39.4. The number of hydrogen-bond donors (Lipinski definition) is 2. The van der Waals surface area contributed by atoms with E-state index in [1.165, 1.54) is 0 Å². The molecule has 0 aliphatic rings. The standard InChI is InChI=1S/C34H62O15/c35-6-8-37-10-12-39-14-16-41-18-19-43-22-23-45-26-27-47-31-34(32-48-30-33-4-2-1-3-5-33)49-29-28-46-25-24-44-21-20-42-17-15-40-13-11-38-9-7-36/h1-5,34-36H,6-32H2. The van der Waals surface area contributed by atoms with Gasteiger partial charge in [-0.2, -0.15) is 0 Å². The fourth-order valence-electron chi connectivity index (χ4n) is 3.73. The highest BCUT2D eigenvalue weighted by Gasteiger charge is 2.11. The summed E-state index contributed by atoms with van der Waals surface area (Å²) in [7, 11) is 0. The van der Waals surface area contributed by atoms with Gasteiger partial charge in [0, 0.05) is 0 Å². The summed E-state index contributed by atoms with van der Waals surface area (Å²) in [6.07, 6.45) is -0.244. The first-order valence-electron chi connectivity index (χ1n) is 17.2. The Labute approximate surface area is 292 Å². The SMILES string of the molecule is OCCOCCOCCOCCOCCOCCOCC(COCc1ccccc1)OCCOCCOCCOCCOCCOCCO. The zero-order chi connectivity index (χ0) is 35.0. The molecule has 2 N–H and O–H groups in total. The molecule has 0 radical (unpaired) electrons. The zero-order valence-corrected chi connectivity index (χ0v) is 29.3. The molecular formula is C34H62O15. The molecule has 1 atom stereocenters. The van der Waals surface area contributed by atoms with Gasteiger partial charge in [0.05, 0.1) is 178 Å². The van der Waals surface area contributed by atoms with Crippen molar-refractivity contribution in [3.8, 4) is 0 Å². The minimum Gasteiger partial charge on any atom is -0.394 e. The van der Waals surface area contributed by atoms with E-state index in [-0.39, 0.29) is 19.3 Å². The lowest BCUT2D eigenvalue weighted by Gasteiger charge is -2.18. The molecule has 49 heavy (non-hydrogen) atoms. The average molecular weight is 711 g/mol. The van der Waals surface area contributed by atoms with E-state index < -0.39 is 0 Å². The van der Waals surface area contributed by atoms with Crippen molar-refractivity contribution in [2.24, 2.45) is 0 Å². The third kappa shape index (κ3) is 34.8. The van der Waals surface area contributed by atoms with Crippen LogP contribution in [0.3, 0.4) is 0 Å². The van der Waals surface area contributed by atoms with Crippen LogP contribution in [0.5, 0.6) is 0 Å². The summed E-state index contributed by atoms with van der Waals surface area (Å²) >= 11 is 0. The maximum absolute atomic E-state index is 8.62. The second-order valence-electron chi connectivity index (χ2n) is 10.1. The van der Waals surface area contributed by atoms with E-state index in [9.17, 15) is 0 Å². The van der Waals surface area contributed by atoms with E-state index in [4.69, 9.17) is 71.8 Å². The molecule has 0 amide bonds. The van der Waals surface area contributed by atoms with Crippen LogP contribution >= 0.6 is 0 Å². The zero-order valence-electron chi connectivity index (χ0n) is 29.3. The van der Waals surface area contributed by atoms with Gasteiger partial charge in [0.25, 0.3) is 0 Å². The minimum atomic E-state index is -0.244. The molecule has 1 aromatic carbocycles. The van der Waals surface area contributed by atoms with Crippen molar-refractivity contribution in [2.75, 3.05) is 172 Å². The molecule has 1 aromatic rings. The Balaban J connectivity index is 2.00. The molecule has 0 saturated carbocycles. The van der Waals surface area contributed by atoms with E-state index in [0.717, 1.165) is 5.56 Å². The monoisotopic (exact) mass is 710 g/mol. The fourth-order valence-corrected chi connectivity index (χ4v) is 3.73. The number of ether oxygens (including phenoxy) is 13. The summed E-state index contributed by atoms with van der Waals surface area (Å²) in [5, 5.41) is 17.2. The van der Waals surface area contributed by atoms with Gasteiger partial charge in [0.15, 0.2) is 0 Å². The van der Waals surface area contributed by atoms with Crippen LogP contribution in [0.4, 0.5) is 0 Å². The van der Waals surface area contributed by atoms with Crippen LogP contribution in [0.1, 0.15) is 5.56 Å². The Morgan fingerprint density at radius 1 is 0.347 bits per heavy atom. The summed E-state index contributed by atoms with van der Waals surface area (Å²) in [5.74, 6) is 0. The first kappa shape index (κ1) is 45.6. The Morgan fingerprint density at radius 3 is 1.02 bits per heavy atom. The third-order valence-corrected chi connectivity index (χ3v) is 6.12. The lowest BCUT2D eigenvalue weighted by molar-refractivity contribution is -0.0847. The van der Waals surface area contributed by atoms with Gasteiger partial charge >= 0.3 is 0 Å². The molecule has 0 aliphatic heterocycles. The molecule has 288 valence electrons. The van der Waals surface area contributed by atoms with E-state index in [1.54, 1.807) is 0 Å². The van der Waals surface area contributed by atoms with E-state index in [0.29, 0.717) is 165 Å². The normalized spacial score (nSPS) is 12.2. The van der Waals surface area contributed by atoms with Crippen molar-refractivity contribution in [3.63, 3.8) is 0 Å². The molecule has 0 fully saturated rings. The summed E-state index contributed by atoms with van der Waals surface area (Å²) in [4.78, 5) is 0. The Hall–Kier alpha value is -1.38. The van der Waals surface area contributed by atoms with E-state index >= 15 is 0 Å². The maximum Gasteiger partial charge on any atom is 0.104 e. The van der Waals surface area contributed by atoms with Gasteiger partial charge in [-0.3, -0.25) is 0 Å². The number of aliphatic hydroxyl groups is 2. The predicted molar refractivity (Wildman–Crippen MR) is 179 cm³/mol. The first-order valence-corrected chi connectivity index (χ1v) is 17.2. The molecule has 1 rings (SSSR count). The van der Waals surface area contributed by atoms with Crippen LogP contribution in [-0.4, -0.2) is 188 Å². The van der Waals surface area contributed by atoms with Crippen molar-refractivity contribution >= 4 is 0 Å². The van der Waals surface area contributed by atoms with Crippen LogP contribution in [0.25, 0.3) is 0 Å². The van der Waals surface area contributed by atoms with Gasteiger partial charge in [-0.05, 0) is 5.56 Å². The molecule has 1 unspecified atom stereocenters. The van der Waals surface area contributed by atoms with Crippen molar-refractivity contribution in [1.82, 2.24) is 0 Å². The Bertz CT molecular complexity index is 750. The van der Waals surface area contributed by atoms with Crippen LogP contribution in [0.2, 0.25) is 0 Å². The van der Waals surface area contributed by atoms with Crippen molar-refractivity contribution < 1.29 is 71.8 Å². The summed E-state index contributed by atoms with van der Waals surface area (Å²) in [6, 6.07) is 9.99. The molecule has 0 aliphatic carbocycles. The molecule has 0 aromatic heterocycles. The second-order valence-corrected chi connectivity index (χ2v) is 10.1. The molecule has 0 spiro atoms. The third-order valence-electron chi connectivity index (χ3n) is 6.12. The number of aliphatic hydroxyl groups excluding tert-OH is 2. The van der Waals surface area contributed by atoms with Gasteiger partial charge in [0.2, 0.25) is 0 Å². The molecular weight excluding hydrogens is 648 g/mol. The highest BCUT2D eigenvalue weighted by molar-refractivity contribution is 5.13. The quantitative estimate of drug-likeness (QED) is 0.0917. The van der Waals surface area contributed by atoms with Crippen LogP contribution in [-0.2, 0) is 68.2 Å². The number of hydrogen-bond acceptors (Lipinski definition) is 15. The molecule has 0 bridgehead atoms. The highest BCUT2D eigenvalue weighted by Crippen LogP contribution is 2.03. The molecule has 15 heteroatoms. The van der Waals surface area contributed by atoms with Gasteiger partial charge in [-0.25, -0.2) is 0 Å². The summed E-state index contributed by atoms with van der Waals surface area (Å²) in [5.41, 5.74) is 1.10. The smallest absolute Gasteiger partial charge is 0.104 e. The largest absolute Gasteiger partial charge is 0.394 e. The highest BCUT2D eigenvalue weighted by atomic mass is 16.6. The summed E-state index contributed by atoms with van der Waals surface area (Å²) in [6.45, 7) is 11.2. The van der Waals surface area contributed by atoms with Gasteiger partial charge < -0.3 is 71.8 Å². The van der Waals surface area contributed by atoms with Crippen LogP contribution in [0, 0.1) is 0 Å². The van der Waals surface area contributed by atoms with Gasteiger partial charge in [0.1, 0.15) is 6.10 Å². The van der Waals surface area contributed by atoms with Crippen LogP contribution < -0.4 is 0 Å².